The van der Waals surface area contributed by atoms with E-state index in [-0.39, 0.29) is 0 Å². The molecule has 0 bridgehead atoms. The van der Waals surface area contributed by atoms with E-state index in [0.29, 0.717) is 0 Å². The van der Waals surface area contributed by atoms with Crippen molar-refractivity contribution in [2.24, 2.45) is 11.8 Å². The molecule has 0 aromatic heterocycles. The van der Waals surface area contributed by atoms with Crippen molar-refractivity contribution in [1.82, 2.24) is 10.6 Å². The fourth-order valence-electron chi connectivity index (χ4n) is 5.31. The number of hydrogen-bond acceptors (Lipinski definition) is 2. The van der Waals surface area contributed by atoms with Crippen LogP contribution in [0.3, 0.4) is 0 Å². The van der Waals surface area contributed by atoms with Crippen LogP contribution in [-0.4, -0.2) is 24.2 Å². The summed E-state index contributed by atoms with van der Waals surface area (Å²) in [7, 11) is 0. The Bertz CT molecular complexity index is 298. The van der Waals surface area contributed by atoms with Crippen LogP contribution in [0.25, 0.3) is 0 Å². The minimum atomic E-state index is 0.737. The van der Waals surface area contributed by atoms with E-state index < -0.39 is 0 Å². The SMILES string of the molecule is CC1CCCC(NC2CCCCC2NC2CCCC(C)C2)C1. The van der Waals surface area contributed by atoms with Crippen LogP contribution in [0.4, 0.5) is 0 Å². The van der Waals surface area contributed by atoms with E-state index in [0.717, 1.165) is 36.0 Å². The summed E-state index contributed by atoms with van der Waals surface area (Å²) in [5.41, 5.74) is 0. The Morgan fingerprint density at radius 1 is 0.545 bits per heavy atom. The summed E-state index contributed by atoms with van der Waals surface area (Å²) in [4.78, 5) is 0. The Hall–Kier alpha value is -0.0800. The molecule has 0 aromatic carbocycles. The molecule has 2 N–H and O–H groups in total. The van der Waals surface area contributed by atoms with E-state index in [1.165, 1.54) is 77.0 Å². The summed E-state index contributed by atoms with van der Waals surface area (Å²) >= 11 is 0. The van der Waals surface area contributed by atoms with Gasteiger partial charge in [-0.05, 0) is 50.4 Å². The first-order chi connectivity index (χ1) is 10.7. The first kappa shape index (κ1) is 16.8. The quantitative estimate of drug-likeness (QED) is 0.791. The normalized spacial score (nSPS) is 43.9. The van der Waals surface area contributed by atoms with Gasteiger partial charge in [0, 0.05) is 24.2 Å². The van der Waals surface area contributed by atoms with Crippen LogP contribution in [0.15, 0.2) is 0 Å². The van der Waals surface area contributed by atoms with Crippen molar-refractivity contribution in [3.05, 3.63) is 0 Å². The molecule has 3 rings (SSSR count). The zero-order valence-corrected chi connectivity index (χ0v) is 14.9. The van der Waals surface area contributed by atoms with Gasteiger partial charge in [-0.15, -0.1) is 0 Å². The molecule has 3 saturated carbocycles. The first-order valence-corrected chi connectivity index (χ1v) is 10.2. The third-order valence-corrected chi connectivity index (χ3v) is 6.54. The van der Waals surface area contributed by atoms with Gasteiger partial charge in [0.1, 0.15) is 0 Å². The maximum atomic E-state index is 4.08. The Balaban J connectivity index is 1.51. The van der Waals surface area contributed by atoms with E-state index in [1.807, 2.05) is 0 Å². The molecule has 3 aliphatic rings. The van der Waals surface area contributed by atoms with Crippen LogP contribution in [0.5, 0.6) is 0 Å². The molecule has 0 heterocycles. The molecule has 3 aliphatic carbocycles. The lowest BCUT2D eigenvalue weighted by Gasteiger charge is -2.40. The van der Waals surface area contributed by atoms with Crippen molar-refractivity contribution in [1.29, 1.82) is 0 Å². The summed E-state index contributed by atoms with van der Waals surface area (Å²) in [6.07, 6.45) is 17.0. The number of rotatable bonds is 4. The van der Waals surface area contributed by atoms with Crippen molar-refractivity contribution in [2.75, 3.05) is 0 Å². The van der Waals surface area contributed by atoms with Crippen molar-refractivity contribution in [3.8, 4) is 0 Å². The molecule has 0 amide bonds. The van der Waals surface area contributed by atoms with Crippen molar-refractivity contribution in [3.63, 3.8) is 0 Å². The molecule has 6 atom stereocenters. The minimum absolute atomic E-state index is 0.737. The monoisotopic (exact) mass is 306 g/mol. The Labute approximate surface area is 138 Å². The molecule has 3 fully saturated rings. The van der Waals surface area contributed by atoms with E-state index >= 15 is 0 Å². The van der Waals surface area contributed by atoms with E-state index in [1.54, 1.807) is 0 Å². The van der Waals surface area contributed by atoms with Gasteiger partial charge in [0.15, 0.2) is 0 Å². The Kier molecular flexibility index (Phi) is 6.21. The maximum Gasteiger partial charge on any atom is 0.0223 e. The largest absolute Gasteiger partial charge is 0.310 e. The molecular weight excluding hydrogens is 268 g/mol. The van der Waals surface area contributed by atoms with Crippen LogP contribution >= 0.6 is 0 Å². The van der Waals surface area contributed by atoms with Gasteiger partial charge < -0.3 is 10.6 Å². The zero-order chi connectivity index (χ0) is 15.4. The predicted octanol–water partition coefficient (Wildman–Crippen LogP) is 4.63. The fourth-order valence-corrected chi connectivity index (χ4v) is 5.31. The van der Waals surface area contributed by atoms with Gasteiger partial charge >= 0.3 is 0 Å². The van der Waals surface area contributed by atoms with Gasteiger partial charge in [-0.2, -0.15) is 0 Å². The highest BCUT2D eigenvalue weighted by atomic mass is 15.1. The second-order valence-electron chi connectivity index (χ2n) is 8.77. The second-order valence-corrected chi connectivity index (χ2v) is 8.77. The van der Waals surface area contributed by atoms with Gasteiger partial charge in [-0.3, -0.25) is 0 Å². The van der Waals surface area contributed by atoms with E-state index in [4.69, 9.17) is 0 Å². The fraction of sp³-hybridized carbons (Fsp3) is 1.00. The Morgan fingerprint density at radius 3 is 1.41 bits per heavy atom. The zero-order valence-electron chi connectivity index (χ0n) is 14.9. The van der Waals surface area contributed by atoms with E-state index in [2.05, 4.69) is 24.5 Å². The van der Waals surface area contributed by atoms with Crippen LogP contribution in [0.1, 0.15) is 90.9 Å². The second kappa shape index (κ2) is 8.15. The van der Waals surface area contributed by atoms with Gasteiger partial charge in [-0.1, -0.05) is 52.4 Å². The number of hydrogen-bond donors (Lipinski definition) is 2. The summed E-state index contributed by atoms with van der Waals surface area (Å²) in [6, 6.07) is 3.06. The highest BCUT2D eigenvalue weighted by Gasteiger charge is 2.31. The van der Waals surface area contributed by atoms with Crippen molar-refractivity contribution in [2.45, 2.75) is 115 Å². The topological polar surface area (TPSA) is 24.1 Å². The maximum absolute atomic E-state index is 4.08. The van der Waals surface area contributed by atoms with Gasteiger partial charge in [0.25, 0.3) is 0 Å². The highest BCUT2D eigenvalue weighted by Crippen LogP contribution is 2.28. The lowest BCUT2D eigenvalue weighted by atomic mass is 9.82. The summed E-state index contributed by atoms with van der Waals surface area (Å²) in [6.45, 7) is 4.88. The predicted molar refractivity (Wildman–Crippen MR) is 95.2 cm³/mol. The number of nitrogens with one attached hydrogen (secondary N) is 2. The molecule has 0 radical (unpaired) electrons. The van der Waals surface area contributed by atoms with Gasteiger partial charge in [-0.25, -0.2) is 0 Å². The Morgan fingerprint density at radius 2 is 1.00 bits per heavy atom. The summed E-state index contributed by atoms with van der Waals surface area (Å²) in [5.74, 6) is 1.86. The van der Waals surface area contributed by atoms with Crippen LogP contribution in [0.2, 0.25) is 0 Å². The van der Waals surface area contributed by atoms with Crippen LogP contribution in [-0.2, 0) is 0 Å². The molecule has 0 aliphatic heterocycles. The summed E-state index contributed by atoms with van der Waals surface area (Å²) in [5, 5.41) is 8.15. The average molecular weight is 307 g/mol. The molecule has 0 aromatic rings. The molecule has 2 heteroatoms. The highest BCUT2D eigenvalue weighted by molar-refractivity contribution is 4.92. The molecule has 0 saturated heterocycles. The van der Waals surface area contributed by atoms with Crippen LogP contribution in [0, 0.1) is 11.8 Å². The summed E-state index contributed by atoms with van der Waals surface area (Å²) < 4.78 is 0. The van der Waals surface area contributed by atoms with Crippen molar-refractivity contribution >= 4 is 0 Å². The third kappa shape index (κ3) is 4.71. The third-order valence-electron chi connectivity index (χ3n) is 6.54. The van der Waals surface area contributed by atoms with Crippen molar-refractivity contribution < 1.29 is 0 Å². The standard InChI is InChI=1S/C20H38N2/c1-15-7-5-9-17(13-15)21-19-11-3-4-12-20(19)22-18-10-6-8-16(2)14-18/h15-22H,3-14H2,1-2H3. The molecular formula is C20H38N2. The van der Waals surface area contributed by atoms with Crippen LogP contribution < -0.4 is 10.6 Å². The molecule has 2 nitrogen and oxygen atoms in total. The van der Waals surface area contributed by atoms with Gasteiger partial charge in [0.05, 0.1) is 0 Å². The molecule has 0 spiro atoms. The molecule has 22 heavy (non-hydrogen) atoms. The first-order valence-electron chi connectivity index (χ1n) is 10.2. The smallest absolute Gasteiger partial charge is 0.0223 e. The van der Waals surface area contributed by atoms with E-state index in [9.17, 15) is 0 Å². The lowest BCUT2D eigenvalue weighted by molar-refractivity contribution is 0.193. The lowest BCUT2D eigenvalue weighted by Crippen LogP contribution is -2.56. The molecule has 128 valence electrons. The van der Waals surface area contributed by atoms with Gasteiger partial charge in [0.2, 0.25) is 0 Å². The minimum Gasteiger partial charge on any atom is -0.310 e. The average Bonchev–Trinajstić information content (AvgIpc) is 2.49. The molecule has 6 unspecified atom stereocenters.